The zero-order valence-corrected chi connectivity index (χ0v) is 9.21. The normalized spacial score (nSPS) is 15.1. The molecule has 6 heteroatoms. The maximum atomic E-state index is 11.4. The monoisotopic (exact) mass is 237 g/mol. The number of nitrogens with zero attached hydrogens (tertiary/aromatic N) is 1. The minimum Gasteiger partial charge on any atom is -0.485 e. The van der Waals surface area contributed by atoms with E-state index in [1.54, 1.807) is 0 Å². The predicted octanol–water partition coefficient (Wildman–Crippen LogP) is 1.57. The molecular weight excluding hydrogens is 226 g/mol. The zero-order valence-electron chi connectivity index (χ0n) is 9.21. The summed E-state index contributed by atoms with van der Waals surface area (Å²) in [5, 5.41) is 10.6. The van der Waals surface area contributed by atoms with Crippen LogP contribution in [0.15, 0.2) is 18.2 Å². The fourth-order valence-electron chi connectivity index (χ4n) is 1.47. The van der Waals surface area contributed by atoms with Gasteiger partial charge in [0.05, 0.1) is 23.7 Å². The number of nitro benzene ring substituents is 1. The molecule has 0 spiro atoms. The highest BCUT2D eigenvalue weighted by atomic mass is 16.6. The van der Waals surface area contributed by atoms with Crippen molar-refractivity contribution in [2.24, 2.45) is 0 Å². The van der Waals surface area contributed by atoms with Crippen LogP contribution in [0.1, 0.15) is 17.3 Å². The van der Waals surface area contributed by atoms with Crippen molar-refractivity contribution < 1.29 is 19.2 Å². The Hall–Kier alpha value is -1.95. The van der Waals surface area contributed by atoms with E-state index in [4.69, 9.17) is 9.47 Å². The van der Waals surface area contributed by atoms with Crippen LogP contribution in [-0.2, 0) is 4.74 Å². The lowest BCUT2D eigenvalue weighted by atomic mass is 10.1. The third kappa shape index (κ3) is 2.42. The van der Waals surface area contributed by atoms with Crippen LogP contribution in [0.3, 0.4) is 0 Å². The topological polar surface area (TPSA) is 78.7 Å². The molecule has 0 aromatic heterocycles. The number of hydrogen-bond donors (Lipinski definition) is 0. The zero-order chi connectivity index (χ0) is 12.4. The second-order valence-corrected chi connectivity index (χ2v) is 3.77. The van der Waals surface area contributed by atoms with Crippen molar-refractivity contribution in [2.45, 2.75) is 13.0 Å². The molecule has 17 heavy (non-hydrogen) atoms. The standard InChI is InChI=1S/C11H11NO5/c1-7(13)10-4-8(12(14)15)2-3-11(10)17-9-5-16-6-9/h2-4,9H,5-6H2,1H3. The van der Waals surface area contributed by atoms with Crippen molar-refractivity contribution in [3.8, 4) is 5.75 Å². The van der Waals surface area contributed by atoms with Crippen LogP contribution < -0.4 is 4.74 Å². The van der Waals surface area contributed by atoms with Crippen LogP contribution in [0, 0.1) is 10.1 Å². The Bertz CT molecular complexity index is 467. The summed E-state index contributed by atoms with van der Waals surface area (Å²) < 4.78 is 10.5. The number of hydrogen-bond acceptors (Lipinski definition) is 5. The molecule has 2 rings (SSSR count). The van der Waals surface area contributed by atoms with E-state index in [0.29, 0.717) is 19.0 Å². The molecule has 1 aromatic rings. The fraction of sp³-hybridized carbons (Fsp3) is 0.364. The SMILES string of the molecule is CC(=O)c1cc([N+](=O)[O-])ccc1OC1COC1. The summed E-state index contributed by atoms with van der Waals surface area (Å²) in [6.07, 6.45) is -0.0745. The molecule has 0 aliphatic carbocycles. The van der Waals surface area contributed by atoms with Crippen LogP contribution in [-0.4, -0.2) is 30.0 Å². The van der Waals surface area contributed by atoms with Gasteiger partial charge >= 0.3 is 0 Å². The second-order valence-electron chi connectivity index (χ2n) is 3.77. The van der Waals surface area contributed by atoms with Gasteiger partial charge < -0.3 is 9.47 Å². The number of non-ortho nitro benzene ring substituents is 1. The van der Waals surface area contributed by atoms with Gasteiger partial charge in [-0.3, -0.25) is 14.9 Å². The van der Waals surface area contributed by atoms with Gasteiger partial charge in [-0.25, -0.2) is 0 Å². The smallest absolute Gasteiger partial charge is 0.270 e. The van der Waals surface area contributed by atoms with Crippen molar-refractivity contribution in [3.05, 3.63) is 33.9 Å². The van der Waals surface area contributed by atoms with Crippen LogP contribution in [0.25, 0.3) is 0 Å². The van der Waals surface area contributed by atoms with E-state index < -0.39 is 4.92 Å². The molecule has 1 saturated heterocycles. The van der Waals surface area contributed by atoms with E-state index >= 15 is 0 Å². The van der Waals surface area contributed by atoms with Gasteiger partial charge in [0.15, 0.2) is 5.78 Å². The largest absolute Gasteiger partial charge is 0.485 e. The number of benzene rings is 1. The predicted molar refractivity (Wildman–Crippen MR) is 58.3 cm³/mol. The Morgan fingerprint density at radius 3 is 2.71 bits per heavy atom. The number of carbonyl (C=O) groups excluding carboxylic acids is 1. The third-order valence-corrected chi connectivity index (χ3v) is 2.45. The minimum atomic E-state index is -0.539. The first-order valence-electron chi connectivity index (χ1n) is 5.11. The first-order chi connectivity index (χ1) is 8.08. The van der Waals surface area contributed by atoms with E-state index in [1.807, 2.05) is 0 Å². The Balaban J connectivity index is 2.30. The van der Waals surface area contributed by atoms with Crippen LogP contribution in [0.4, 0.5) is 5.69 Å². The van der Waals surface area contributed by atoms with Gasteiger partial charge in [0.1, 0.15) is 11.9 Å². The lowest BCUT2D eigenvalue weighted by Gasteiger charge is -2.27. The van der Waals surface area contributed by atoms with Crippen molar-refractivity contribution in [3.63, 3.8) is 0 Å². The average molecular weight is 237 g/mol. The first kappa shape index (κ1) is 11.5. The maximum Gasteiger partial charge on any atom is 0.270 e. The molecule has 6 nitrogen and oxygen atoms in total. The van der Waals surface area contributed by atoms with E-state index in [-0.39, 0.29) is 23.1 Å². The van der Waals surface area contributed by atoms with Crippen molar-refractivity contribution in [2.75, 3.05) is 13.2 Å². The number of ketones is 1. The van der Waals surface area contributed by atoms with Crippen molar-refractivity contribution in [1.29, 1.82) is 0 Å². The Labute approximate surface area is 97.3 Å². The summed E-state index contributed by atoms with van der Waals surface area (Å²) in [7, 11) is 0. The summed E-state index contributed by atoms with van der Waals surface area (Å²) in [6.45, 7) is 2.31. The van der Waals surface area contributed by atoms with Gasteiger partial charge in [0, 0.05) is 12.1 Å². The van der Waals surface area contributed by atoms with E-state index in [1.165, 1.54) is 25.1 Å². The molecule has 0 atom stereocenters. The molecule has 0 unspecified atom stereocenters. The Kier molecular flexibility index (Phi) is 3.06. The number of Topliss-reactive ketones (excluding diaryl/α,β-unsaturated/α-hetero) is 1. The number of nitro groups is 1. The molecule has 1 fully saturated rings. The Morgan fingerprint density at radius 1 is 1.53 bits per heavy atom. The number of carbonyl (C=O) groups is 1. The number of ether oxygens (including phenoxy) is 2. The quantitative estimate of drug-likeness (QED) is 0.451. The van der Waals surface area contributed by atoms with Gasteiger partial charge in [-0.15, -0.1) is 0 Å². The Morgan fingerprint density at radius 2 is 2.24 bits per heavy atom. The van der Waals surface area contributed by atoms with E-state index in [0.717, 1.165) is 0 Å². The van der Waals surface area contributed by atoms with Crippen LogP contribution >= 0.6 is 0 Å². The molecule has 90 valence electrons. The molecule has 0 bridgehead atoms. The summed E-state index contributed by atoms with van der Waals surface area (Å²) in [4.78, 5) is 21.5. The van der Waals surface area contributed by atoms with Gasteiger partial charge in [-0.05, 0) is 13.0 Å². The molecular formula is C11H11NO5. The molecule has 0 amide bonds. The lowest BCUT2D eigenvalue weighted by molar-refractivity contribution is -0.384. The highest BCUT2D eigenvalue weighted by Gasteiger charge is 2.23. The molecule has 0 saturated carbocycles. The molecule has 1 heterocycles. The maximum absolute atomic E-state index is 11.4. The summed E-state index contributed by atoms with van der Waals surface area (Å²) >= 11 is 0. The highest BCUT2D eigenvalue weighted by molar-refractivity contribution is 5.97. The number of rotatable bonds is 4. The second kappa shape index (κ2) is 4.50. The third-order valence-electron chi connectivity index (χ3n) is 2.45. The summed E-state index contributed by atoms with van der Waals surface area (Å²) in [5.41, 5.74) is 0.110. The van der Waals surface area contributed by atoms with Crippen molar-refractivity contribution >= 4 is 11.5 Å². The van der Waals surface area contributed by atoms with Gasteiger partial charge in [0.25, 0.3) is 5.69 Å². The molecule has 0 N–H and O–H groups in total. The van der Waals surface area contributed by atoms with Gasteiger partial charge in [0.2, 0.25) is 0 Å². The first-order valence-corrected chi connectivity index (χ1v) is 5.11. The lowest BCUT2D eigenvalue weighted by Crippen LogP contribution is -2.38. The molecule has 1 aliphatic rings. The van der Waals surface area contributed by atoms with Gasteiger partial charge in [-0.1, -0.05) is 0 Å². The van der Waals surface area contributed by atoms with E-state index in [2.05, 4.69) is 0 Å². The summed E-state index contributed by atoms with van der Waals surface area (Å²) in [5.74, 6) is 0.111. The summed E-state index contributed by atoms with van der Waals surface area (Å²) in [6, 6.07) is 4.01. The van der Waals surface area contributed by atoms with Crippen LogP contribution in [0.5, 0.6) is 5.75 Å². The van der Waals surface area contributed by atoms with Gasteiger partial charge in [-0.2, -0.15) is 0 Å². The molecule has 1 aliphatic heterocycles. The average Bonchev–Trinajstić information content (AvgIpc) is 2.23. The molecule has 0 radical (unpaired) electrons. The minimum absolute atomic E-state index is 0.0745. The van der Waals surface area contributed by atoms with E-state index in [9.17, 15) is 14.9 Å². The highest BCUT2D eigenvalue weighted by Crippen LogP contribution is 2.26. The fourth-order valence-corrected chi connectivity index (χ4v) is 1.47. The van der Waals surface area contributed by atoms with Crippen LogP contribution in [0.2, 0.25) is 0 Å². The molecule has 1 aromatic carbocycles. The van der Waals surface area contributed by atoms with Crippen molar-refractivity contribution in [1.82, 2.24) is 0 Å².